The van der Waals surface area contributed by atoms with Gasteiger partial charge in [-0.05, 0) is 60.4 Å². The molecule has 3 atom stereocenters. The summed E-state index contributed by atoms with van der Waals surface area (Å²) in [5, 5.41) is 27.9. The maximum atomic E-state index is 12.5. The van der Waals surface area contributed by atoms with Crippen LogP contribution < -0.4 is 0 Å². The Morgan fingerprint density at radius 3 is 1.78 bits per heavy atom. The van der Waals surface area contributed by atoms with Gasteiger partial charge in [0.05, 0.1) is 0 Å². The summed E-state index contributed by atoms with van der Waals surface area (Å²) in [5.74, 6) is 0.848. The molecule has 4 heteroatoms. The molecule has 0 saturated carbocycles. The molecular weight excluding hydrogens is 343 g/mol. The summed E-state index contributed by atoms with van der Waals surface area (Å²) in [6, 6.07) is 12.5. The fourth-order valence-corrected chi connectivity index (χ4v) is 2.57. The van der Waals surface area contributed by atoms with Gasteiger partial charge in [-0.3, -0.25) is 0 Å². The van der Waals surface area contributed by atoms with Crippen LogP contribution in [0.2, 0.25) is 0 Å². The van der Waals surface area contributed by atoms with Crippen molar-refractivity contribution in [3.63, 3.8) is 0 Å². The zero-order valence-electron chi connectivity index (χ0n) is 17.0. The molecular formula is C23H33FO3. The highest BCUT2D eigenvalue weighted by atomic mass is 19.1. The second-order valence-electron chi connectivity index (χ2n) is 7.40. The molecule has 2 rings (SSSR count). The van der Waals surface area contributed by atoms with E-state index in [0.29, 0.717) is 17.4 Å². The molecule has 0 radical (unpaired) electrons. The summed E-state index contributed by atoms with van der Waals surface area (Å²) >= 11 is 0. The van der Waals surface area contributed by atoms with Crippen LogP contribution in [0.25, 0.3) is 0 Å². The van der Waals surface area contributed by atoms with E-state index in [0.717, 1.165) is 18.4 Å². The Kier molecular flexibility index (Phi) is 8.77. The summed E-state index contributed by atoms with van der Waals surface area (Å²) < 4.78 is 12.5. The Labute approximate surface area is 162 Å². The highest BCUT2D eigenvalue weighted by molar-refractivity contribution is 5.41. The monoisotopic (exact) mass is 376 g/mol. The van der Waals surface area contributed by atoms with E-state index in [9.17, 15) is 14.6 Å². The van der Waals surface area contributed by atoms with Gasteiger partial charge in [-0.1, -0.05) is 58.0 Å². The van der Waals surface area contributed by atoms with Crippen molar-refractivity contribution in [3.8, 4) is 11.5 Å². The van der Waals surface area contributed by atoms with Crippen LogP contribution in [0, 0.1) is 0 Å². The third kappa shape index (κ3) is 6.55. The van der Waals surface area contributed by atoms with Crippen LogP contribution in [0.4, 0.5) is 4.39 Å². The lowest BCUT2D eigenvalue weighted by Gasteiger charge is -2.20. The van der Waals surface area contributed by atoms with Gasteiger partial charge in [0, 0.05) is 0 Å². The Balaban J connectivity index is 0.000000277. The number of halogens is 1. The van der Waals surface area contributed by atoms with Crippen LogP contribution in [0.1, 0.15) is 76.0 Å². The lowest BCUT2D eigenvalue weighted by Crippen LogP contribution is -2.23. The highest BCUT2D eigenvalue weighted by Gasteiger charge is 2.22. The third-order valence-electron chi connectivity index (χ3n) is 5.16. The minimum Gasteiger partial charge on any atom is -0.504 e. The van der Waals surface area contributed by atoms with E-state index in [4.69, 9.17) is 5.11 Å². The predicted octanol–water partition coefficient (Wildman–Crippen LogP) is 5.99. The molecule has 27 heavy (non-hydrogen) atoms. The summed E-state index contributed by atoms with van der Waals surface area (Å²) in [6.07, 6.45) is 2.11. The Morgan fingerprint density at radius 1 is 0.852 bits per heavy atom. The smallest absolute Gasteiger partial charge is 0.157 e. The van der Waals surface area contributed by atoms with Crippen LogP contribution in [-0.4, -0.2) is 22.0 Å². The molecule has 0 saturated heterocycles. The Morgan fingerprint density at radius 2 is 1.33 bits per heavy atom. The van der Waals surface area contributed by atoms with Gasteiger partial charge in [0.2, 0.25) is 0 Å². The summed E-state index contributed by atoms with van der Waals surface area (Å²) in [4.78, 5) is 0. The molecule has 3 unspecified atom stereocenters. The van der Waals surface area contributed by atoms with Crippen LogP contribution in [0.5, 0.6) is 11.5 Å². The van der Waals surface area contributed by atoms with Gasteiger partial charge in [0.15, 0.2) is 11.5 Å². The second-order valence-corrected chi connectivity index (χ2v) is 7.40. The largest absolute Gasteiger partial charge is 0.504 e. The molecule has 150 valence electrons. The van der Waals surface area contributed by atoms with Crippen molar-refractivity contribution in [1.29, 1.82) is 0 Å². The van der Waals surface area contributed by atoms with Gasteiger partial charge in [-0.2, -0.15) is 0 Å². The van der Waals surface area contributed by atoms with Crippen molar-refractivity contribution in [2.24, 2.45) is 0 Å². The van der Waals surface area contributed by atoms with E-state index in [-0.39, 0.29) is 11.5 Å². The van der Waals surface area contributed by atoms with Gasteiger partial charge in [-0.15, -0.1) is 0 Å². The lowest BCUT2D eigenvalue weighted by atomic mass is 9.92. The molecule has 0 amide bonds. The zero-order valence-corrected chi connectivity index (χ0v) is 17.0. The minimum absolute atomic E-state index is 0.0344. The number of benzene rings is 2. The molecule has 0 bridgehead atoms. The van der Waals surface area contributed by atoms with E-state index < -0.39 is 12.3 Å². The molecule has 3 nitrogen and oxygen atoms in total. The van der Waals surface area contributed by atoms with Gasteiger partial charge < -0.3 is 15.3 Å². The molecule has 0 aliphatic heterocycles. The maximum absolute atomic E-state index is 12.5. The fourth-order valence-electron chi connectivity index (χ4n) is 2.57. The highest BCUT2D eigenvalue weighted by Crippen LogP contribution is 2.29. The maximum Gasteiger partial charge on any atom is 0.157 e. The first-order valence-corrected chi connectivity index (χ1v) is 9.56. The summed E-state index contributed by atoms with van der Waals surface area (Å²) in [7, 11) is 0. The minimum atomic E-state index is -1.35. The van der Waals surface area contributed by atoms with Crippen LogP contribution in [0.3, 0.4) is 0 Å². The number of hydrogen-bond acceptors (Lipinski definition) is 3. The van der Waals surface area contributed by atoms with Crippen molar-refractivity contribution in [1.82, 2.24) is 0 Å². The number of aliphatic hydroxyl groups is 1. The first-order chi connectivity index (χ1) is 12.7. The van der Waals surface area contributed by atoms with Crippen LogP contribution in [-0.2, 0) is 5.60 Å². The standard InChI is InChI=1S/C13H19FO.C10H14O2/c1-4-10(2)11-5-7-12(8-6-11)13(3,15)9-14;1-3-7(2)8-4-5-9(11)10(12)6-8/h5-8,10,15H,4,9H2,1-3H3;4-7,11-12H,3H2,1-2H3. The van der Waals surface area contributed by atoms with E-state index >= 15 is 0 Å². The SMILES string of the molecule is CCC(C)c1ccc(C(C)(O)CF)cc1.CCC(C)c1ccc(O)c(O)c1. The average molecular weight is 377 g/mol. The molecule has 0 heterocycles. The van der Waals surface area contributed by atoms with E-state index in [2.05, 4.69) is 27.7 Å². The average Bonchev–Trinajstić information content (AvgIpc) is 2.69. The van der Waals surface area contributed by atoms with E-state index in [1.54, 1.807) is 18.2 Å². The Bertz CT molecular complexity index is 695. The van der Waals surface area contributed by atoms with Crippen molar-refractivity contribution in [2.45, 2.75) is 64.9 Å². The third-order valence-corrected chi connectivity index (χ3v) is 5.16. The Hall–Kier alpha value is -2.07. The number of phenolic OH excluding ortho intramolecular Hbond substituents is 2. The molecule has 0 spiro atoms. The molecule has 2 aromatic rings. The number of aromatic hydroxyl groups is 2. The fraction of sp³-hybridized carbons (Fsp3) is 0.478. The molecule has 0 aliphatic carbocycles. The predicted molar refractivity (Wildman–Crippen MR) is 109 cm³/mol. The summed E-state index contributed by atoms with van der Waals surface area (Å²) in [6.45, 7) is 9.21. The topological polar surface area (TPSA) is 60.7 Å². The van der Waals surface area contributed by atoms with E-state index in [1.165, 1.54) is 18.6 Å². The quantitative estimate of drug-likeness (QED) is 0.543. The van der Waals surface area contributed by atoms with Crippen molar-refractivity contribution in [3.05, 3.63) is 59.2 Å². The van der Waals surface area contributed by atoms with Crippen LogP contribution in [0.15, 0.2) is 42.5 Å². The first kappa shape index (κ1) is 23.0. The van der Waals surface area contributed by atoms with Crippen LogP contribution >= 0.6 is 0 Å². The first-order valence-electron chi connectivity index (χ1n) is 9.56. The molecule has 3 N–H and O–H groups in total. The van der Waals surface area contributed by atoms with Crippen molar-refractivity contribution >= 4 is 0 Å². The van der Waals surface area contributed by atoms with Gasteiger partial charge >= 0.3 is 0 Å². The normalized spacial score (nSPS) is 15.2. The molecule has 0 fully saturated rings. The number of hydrogen-bond donors (Lipinski definition) is 3. The number of alkyl halides is 1. The number of phenols is 2. The lowest BCUT2D eigenvalue weighted by molar-refractivity contribution is 0.0300. The molecule has 0 aromatic heterocycles. The van der Waals surface area contributed by atoms with Gasteiger partial charge in [0.1, 0.15) is 12.3 Å². The number of rotatable bonds is 6. The summed E-state index contributed by atoms with van der Waals surface area (Å²) in [5.41, 5.74) is 1.58. The van der Waals surface area contributed by atoms with Gasteiger partial charge in [-0.25, -0.2) is 4.39 Å². The van der Waals surface area contributed by atoms with Gasteiger partial charge in [0.25, 0.3) is 0 Å². The molecule has 0 aliphatic rings. The second kappa shape index (κ2) is 10.3. The van der Waals surface area contributed by atoms with E-state index in [1.807, 2.05) is 18.2 Å². The zero-order chi connectivity index (χ0) is 20.6. The van der Waals surface area contributed by atoms with Crippen molar-refractivity contribution in [2.75, 3.05) is 6.67 Å². The van der Waals surface area contributed by atoms with Crippen molar-refractivity contribution < 1.29 is 19.7 Å². The molecule has 2 aromatic carbocycles.